The summed E-state index contributed by atoms with van der Waals surface area (Å²) in [6, 6.07) is 2.55. The third-order valence-electron chi connectivity index (χ3n) is 15.8. The number of aromatic nitrogens is 1. The lowest BCUT2D eigenvalue weighted by Crippen LogP contribution is -2.65. The summed E-state index contributed by atoms with van der Waals surface area (Å²) in [5.74, 6) is -1.68. The number of hydrogen-bond acceptors (Lipinski definition) is 5. The molecule has 1 saturated heterocycles. The first-order chi connectivity index (χ1) is 23.2. The van der Waals surface area contributed by atoms with E-state index in [-0.39, 0.29) is 34.3 Å². The second-order valence-electron chi connectivity index (χ2n) is 19.2. The predicted molar refractivity (Wildman–Crippen MR) is 194 cm³/mol. The number of allylic oxidation sites excluding steroid dienone is 1. The summed E-state index contributed by atoms with van der Waals surface area (Å²) >= 11 is 0. The molecule has 3 aliphatic heterocycles. The van der Waals surface area contributed by atoms with Crippen LogP contribution in [0.15, 0.2) is 35.9 Å². The Kier molecular flexibility index (Phi) is 6.39. The van der Waals surface area contributed by atoms with Crippen LogP contribution in [0.3, 0.4) is 0 Å². The number of rotatable bonds is 3. The Morgan fingerprint density at radius 1 is 1.02 bits per heavy atom. The minimum absolute atomic E-state index is 0.117. The number of fused-ring (bicyclic) bond motifs is 13. The van der Waals surface area contributed by atoms with Crippen molar-refractivity contribution in [3.63, 3.8) is 0 Å². The monoisotopic (exact) mass is 681 g/mol. The lowest BCUT2D eigenvalue weighted by atomic mass is 9.40. The topological polar surface area (TPSA) is 101 Å². The Labute approximate surface area is 296 Å². The third kappa shape index (κ3) is 3.73. The van der Waals surface area contributed by atoms with Crippen LogP contribution in [0.4, 0.5) is 0 Å². The molecule has 0 spiro atoms. The van der Waals surface area contributed by atoms with Gasteiger partial charge in [0.05, 0.1) is 35.0 Å². The van der Waals surface area contributed by atoms with Crippen molar-refractivity contribution in [3.8, 4) is 0 Å². The van der Waals surface area contributed by atoms with E-state index in [1.807, 2.05) is 0 Å². The summed E-state index contributed by atoms with van der Waals surface area (Å²) in [6.07, 6.45) is 8.86. The molecule has 9 rings (SSSR count). The van der Waals surface area contributed by atoms with Crippen molar-refractivity contribution in [1.82, 2.24) is 4.57 Å². The molecule has 50 heavy (non-hydrogen) atoms. The zero-order chi connectivity index (χ0) is 35.9. The number of hydrogen-bond donors (Lipinski definition) is 3. The van der Waals surface area contributed by atoms with Crippen molar-refractivity contribution in [2.24, 2.45) is 28.6 Å². The Morgan fingerprint density at radius 2 is 1.74 bits per heavy atom. The lowest BCUT2D eigenvalue weighted by molar-refractivity contribution is -0.294. The number of benzene rings is 1. The predicted octanol–water partition coefficient (Wildman–Crippen LogP) is 8.10. The van der Waals surface area contributed by atoms with Gasteiger partial charge in [0.2, 0.25) is 0 Å². The van der Waals surface area contributed by atoms with E-state index in [1.54, 1.807) is 13.0 Å². The fourth-order valence-electron chi connectivity index (χ4n) is 13.7. The normalized spacial score (nSPS) is 43.1. The number of carbonyl (C=O) groups is 1. The fourth-order valence-corrected chi connectivity index (χ4v) is 13.7. The van der Waals surface area contributed by atoms with Crippen LogP contribution in [-0.4, -0.2) is 48.9 Å². The zero-order valence-electron chi connectivity index (χ0n) is 31.4. The van der Waals surface area contributed by atoms with Crippen LogP contribution >= 0.6 is 0 Å². The highest BCUT2D eigenvalue weighted by molar-refractivity contribution is 5.97. The van der Waals surface area contributed by atoms with Gasteiger partial charge in [0, 0.05) is 39.8 Å². The molecule has 2 saturated carbocycles. The van der Waals surface area contributed by atoms with Gasteiger partial charge in [-0.3, -0.25) is 0 Å². The number of nitrogens with zero attached hydrogens (tertiary/aromatic N) is 1. The molecule has 4 aliphatic carbocycles. The molecule has 3 N–H and O–H groups in total. The summed E-state index contributed by atoms with van der Waals surface area (Å²) in [6.45, 7) is 24.1. The van der Waals surface area contributed by atoms with Gasteiger partial charge < -0.3 is 29.4 Å². The molecule has 1 aromatic carbocycles. The van der Waals surface area contributed by atoms with Gasteiger partial charge in [-0.15, -0.1) is 0 Å². The number of ether oxygens (including phenoxy) is 2. The molecule has 0 bridgehead atoms. The highest BCUT2D eigenvalue weighted by atomic mass is 16.6. The van der Waals surface area contributed by atoms with Crippen LogP contribution in [0.1, 0.15) is 135 Å². The van der Waals surface area contributed by atoms with Crippen molar-refractivity contribution in [2.75, 3.05) is 0 Å². The lowest BCUT2D eigenvalue weighted by Gasteiger charge is -2.65. The van der Waals surface area contributed by atoms with Gasteiger partial charge in [0.15, 0.2) is 5.79 Å². The molecular formula is C43H55NO6. The molecule has 10 unspecified atom stereocenters. The van der Waals surface area contributed by atoms with Gasteiger partial charge in [0.25, 0.3) is 0 Å². The number of aliphatic hydroxyl groups excluding tert-OH is 1. The molecule has 10 atom stereocenters. The summed E-state index contributed by atoms with van der Waals surface area (Å²) in [7, 11) is 0. The van der Waals surface area contributed by atoms with E-state index in [0.717, 1.165) is 43.2 Å². The molecule has 0 radical (unpaired) electrons. The third-order valence-corrected chi connectivity index (χ3v) is 15.8. The first-order valence-electron chi connectivity index (χ1n) is 19.0. The Balaban J connectivity index is 1.23. The minimum atomic E-state index is -1.29. The summed E-state index contributed by atoms with van der Waals surface area (Å²) in [5, 5.41) is 35.4. The van der Waals surface area contributed by atoms with Gasteiger partial charge in [-0.2, -0.15) is 0 Å². The van der Waals surface area contributed by atoms with Gasteiger partial charge in [-0.05, 0) is 143 Å². The molecule has 2 aromatic rings. The Bertz CT molecular complexity index is 2000. The quantitative estimate of drug-likeness (QED) is 0.224. The first kappa shape index (κ1) is 33.1. The number of carboxylic acids is 1. The molecule has 7 heteroatoms. The van der Waals surface area contributed by atoms with Crippen molar-refractivity contribution in [1.29, 1.82) is 0 Å². The SMILES string of the molecule is C=C(C)C1Cc2c3c(cc4c5c(n1c24)C1(C)C(CCC2C4(C)CC(/C=C(\C)C(=O)O)OC4(O)CCC21C)C5)C1=CC(C)(C)OC(C)(C)C1C3O. The van der Waals surface area contributed by atoms with Gasteiger partial charge in [0.1, 0.15) is 0 Å². The second-order valence-corrected chi connectivity index (χ2v) is 19.2. The number of aliphatic hydroxyl groups is 2. The molecule has 0 amide bonds. The van der Waals surface area contributed by atoms with Gasteiger partial charge >= 0.3 is 5.97 Å². The standard InChI is InChI=1S/C43H55NO6/c1-21(2)30-18-28-32-25(29-20-38(4,5)50-39(6,7)33(29)35(32)45)17-26-27-16-23-11-12-31-40(8,42(23,10)36(27)44(30)34(26)28)13-14-43(48)41(31,9)19-24(49-43)15-22(3)37(46)47/h15,17,20,23-24,30-31,33,35,45,48H,1,11-14,16,18-19H2,2-10H3,(H,46,47)/b22-15+. The van der Waals surface area contributed by atoms with Crippen LogP contribution in [0.25, 0.3) is 16.5 Å². The van der Waals surface area contributed by atoms with Crippen molar-refractivity contribution < 1.29 is 29.6 Å². The minimum Gasteiger partial charge on any atom is -0.478 e. The van der Waals surface area contributed by atoms with Gasteiger partial charge in [-0.1, -0.05) is 32.9 Å². The summed E-state index contributed by atoms with van der Waals surface area (Å²) in [5.41, 5.74) is 8.70. The van der Waals surface area contributed by atoms with Crippen LogP contribution in [0, 0.1) is 28.6 Å². The zero-order valence-corrected chi connectivity index (χ0v) is 31.4. The maximum absolute atomic E-state index is 12.2. The molecule has 7 nitrogen and oxygen atoms in total. The fraction of sp³-hybridized carbons (Fsp3) is 0.651. The Morgan fingerprint density at radius 3 is 2.42 bits per heavy atom. The maximum Gasteiger partial charge on any atom is 0.331 e. The van der Waals surface area contributed by atoms with Crippen LogP contribution in [0.5, 0.6) is 0 Å². The van der Waals surface area contributed by atoms with Gasteiger partial charge in [-0.25, -0.2) is 4.79 Å². The van der Waals surface area contributed by atoms with Crippen LogP contribution in [0.2, 0.25) is 0 Å². The van der Waals surface area contributed by atoms with E-state index in [2.05, 4.69) is 78.7 Å². The average molecular weight is 682 g/mol. The molecule has 1 aromatic heterocycles. The van der Waals surface area contributed by atoms with E-state index in [9.17, 15) is 20.1 Å². The van der Waals surface area contributed by atoms with E-state index in [1.165, 1.54) is 38.9 Å². The molecule has 4 heterocycles. The molecule has 268 valence electrons. The van der Waals surface area contributed by atoms with Crippen molar-refractivity contribution in [3.05, 3.63) is 63.9 Å². The van der Waals surface area contributed by atoms with E-state index >= 15 is 0 Å². The average Bonchev–Trinajstić information content (AvgIpc) is 3.75. The number of aliphatic carboxylic acids is 1. The smallest absolute Gasteiger partial charge is 0.331 e. The van der Waals surface area contributed by atoms with Crippen molar-refractivity contribution in [2.45, 2.75) is 148 Å². The summed E-state index contributed by atoms with van der Waals surface area (Å²) in [4.78, 5) is 11.7. The highest BCUT2D eigenvalue weighted by Gasteiger charge is 2.73. The van der Waals surface area contributed by atoms with Crippen molar-refractivity contribution >= 4 is 22.4 Å². The Hall–Kier alpha value is -2.71. The van der Waals surface area contributed by atoms with E-state index < -0.39 is 40.6 Å². The number of carboxylic acid groups (broad SMARTS) is 1. The van der Waals surface area contributed by atoms with Crippen LogP contribution in [-0.2, 0) is 32.5 Å². The molecular weight excluding hydrogens is 626 g/mol. The first-order valence-corrected chi connectivity index (χ1v) is 19.0. The van der Waals surface area contributed by atoms with E-state index in [0.29, 0.717) is 18.8 Å². The second kappa shape index (κ2) is 9.63. The van der Waals surface area contributed by atoms with Crippen LogP contribution < -0.4 is 0 Å². The highest BCUT2D eigenvalue weighted by Crippen LogP contribution is 2.74. The summed E-state index contributed by atoms with van der Waals surface area (Å²) < 4.78 is 15.7. The maximum atomic E-state index is 12.2. The van der Waals surface area contributed by atoms with E-state index in [4.69, 9.17) is 9.47 Å². The molecule has 3 fully saturated rings. The largest absolute Gasteiger partial charge is 0.478 e. The molecule has 7 aliphatic rings.